The van der Waals surface area contributed by atoms with E-state index < -0.39 is 4.92 Å². The second kappa shape index (κ2) is 4.79. The summed E-state index contributed by atoms with van der Waals surface area (Å²) in [5.41, 5.74) is 1.87. The van der Waals surface area contributed by atoms with E-state index in [1.807, 2.05) is 18.2 Å². The van der Waals surface area contributed by atoms with Crippen molar-refractivity contribution in [3.63, 3.8) is 0 Å². The van der Waals surface area contributed by atoms with Crippen molar-refractivity contribution in [2.75, 3.05) is 0 Å². The summed E-state index contributed by atoms with van der Waals surface area (Å²) in [6.45, 7) is -0.185. The van der Waals surface area contributed by atoms with Crippen LogP contribution in [0.1, 0.15) is 5.56 Å². The highest BCUT2D eigenvalue weighted by Crippen LogP contribution is 2.34. The topological polar surface area (TPSA) is 76.5 Å². The molecule has 0 aliphatic carbocycles. The number of aliphatic hydroxyl groups excluding tert-OH is 1. The summed E-state index contributed by atoms with van der Waals surface area (Å²) >= 11 is 0. The van der Waals surface area contributed by atoms with Gasteiger partial charge in [-0.05, 0) is 6.07 Å². The van der Waals surface area contributed by atoms with Crippen molar-refractivity contribution in [2.45, 2.75) is 6.61 Å². The maximum atomic E-state index is 10.8. The Bertz CT molecular complexity index is 791. The Labute approximate surface area is 114 Å². The minimum atomic E-state index is -0.454. The number of fused-ring (bicyclic) bond motifs is 1. The van der Waals surface area contributed by atoms with E-state index in [-0.39, 0.29) is 12.3 Å². The number of hydrogen-bond donors (Lipinski definition) is 1. The van der Waals surface area contributed by atoms with E-state index in [1.165, 1.54) is 12.1 Å². The van der Waals surface area contributed by atoms with Gasteiger partial charge in [-0.2, -0.15) is 0 Å². The summed E-state index contributed by atoms with van der Waals surface area (Å²) < 4.78 is 5.73. The number of non-ortho nitro benzene ring substituents is 1. The van der Waals surface area contributed by atoms with E-state index in [0.717, 1.165) is 5.39 Å². The first kappa shape index (κ1) is 12.4. The Morgan fingerprint density at radius 2 is 1.95 bits per heavy atom. The van der Waals surface area contributed by atoms with Crippen LogP contribution in [0.4, 0.5) is 5.69 Å². The lowest BCUT2D eigenvalue weighted by Crippen LogP contribution is -1.89. The molecule has 1 N–H and O–H groups in total. The highest BCUT2D eigenvalue weighted by atomic mass is 16.6. The third-order valence-corrected chi connectivity index (χ3v) is 3.18. The Balaban J connectivity index is 2.23. The van der Waals surface area contributed by atoms with E-state index in [4.69, 9.17) is 4.42 Å². The van der Waals surface area contributed by atoms with Crippen LogP contribution in [0.3, 0.4) is 0 Å². The standard InChI is InChI=1S/C15H11NO4/c17-9-13-12-6-1-2-7-14(12)20-15(13)10-4-3-5-11(8-10)16(18)19/h1-8,17H,9H2. The Morgan fingerprint density at radius 1 is 1.15 bits per heavy atom. The van der Waals surface area contributed by atoms with E-state index in [9.17, 15) is 15.2 Å². The highest BCUT2D eigenvalue weighted by molar-refractivity contribution is 5.88. The summed E-state index contributed by atoms with van der Waals surface area (Å²) in [6, 6.07) is 13.5. The van der Waals surface area contributed by atoms with E-state index in [1.54, 1.807) is 18.2 Å². The fourth-order valence-corrected chi connectivity index (χ4v) is 2.25. The van der Waals surface area contributed by atoms with Crippen LogP contribution in [0.15, 0.2) is 52.9 Å². The molecule has 0 bridgehead atoms. The van der Waals surface area contributed by atoms with Gasteiger partial charge in [0.15, 0.2) is 0 Å². The number of nitro benzene ring substituents is 1. The maximum absolute atomic E-state index is 10.8. The predicted octanol–water partition coefficient (Wildman–Crippen LogP) is 3.50. The van der Waals surface area contributed by atoms with Crippen LogP contribution >= 0.6 is 0 Å². The molecule has 5 nitrogen and oxygen atoms in total. The average Bonchev–Trinajstić information content (AvgIpc) is 2.86. The van der Waals surface area contributed by atoms with Gasteiger partial charge in [0.2, 0.25) is 0 Å². The normalized spacial score (nSPS) is 10.8. The maximum Gasteiger partial charge on any atom is 0.270 e. The molecule has 3 rings (SSSR count). The minimum Gasteiger partial charge on any atom is -0.456 e. The zero-order valence-corrected chi connectivity index (χ0v) is 10.4. The summed E-state index contributed by atoms with van der Waals surface area (Å²) in [5, 5.41) is 21.2. The van der Waals surface area contributed by atoms with Crippen LogP contribution in [0.2, 0.25) is 0 Å². The molecule has 0 fully saturated rings. The van der Waals surface area contributed by atoms with Gasteiger partial charge in [-0.25, -0.2) is 0 Å². The van der Waals surface area contributed by atoms with Crippen LogP contribution in [-0.2, 0) is 6.61 Å². The molecule has 0 unspecified atom stereocenters. The summed E-state index contributed by atoms with van der Waals surface area (Å²) in [6.07, 6.45) is 0. The number of nitrogens with zero attached hydrogens (tertiary/aromatic N) is 1. The molecule has 0 atom stereocenters. The molecule has 2 aromatic carbocycles. The zero-order valence-electron chi connectivity index (χ0n) is 10.4. The molecule has 1 aromatic heterocycles. The van der Waals surface area contributed by atoms with E-state index in [0.29, 0.717) is 22.5 Å². The van der Waals surface area contributed by atoms with Gasteiger partial charge in [0, 0.05) is 28.6 Å². The van der Waals surface area contributed by atoms with Crippen LogP contribution in [0, 0.1) is 10.1 Å². The van der Waals surface area contributed by atoms with Crippen molar-refractivity contribution >= 4 is 16.7 Å². The molecule has 1 heterocycles. The van der Waals surface area contributed by atoms with Crippen molar-refractivity contribution in [2.24, 2.45) is 0 Å². The summed E-state index contributed by atoms with van der Waals surface area (Å²) in [4.78, 5) is 10.4. The van der Waals surface area contributed by atoms with Crippen LogP contribution in [-0.4, -0.2) is 10.0 Å². The monoisotopic (exact) mass is 269 g/mol. The van der Waals surface area contributed by atoms with Gasteiger partial charge in [0.1, 0.15) is 11.3 Å². The molecule has 0 amide bonds. The number of aliphatic hydroxyl groups is 1. The van der Waals surface area contributed by atoms with Gasteiger partial charge in [-0.15, -0.1) is 0 Å². The molecule has 0 aliphatic rings. The third-order valence-electron chi connectivity index (χ3n) is 3.18. The molecule has 0 saturated carbocycles. The van der Waals surface area contributed by atoms with Crippen molar-refractivity contribution in [3.05, 3.63) is 64.2 Å². The molecule has 3 aromatic rings. The van der Waals surface area contributed by atoms with Gasteiger partial charge in [0.05, 0.1) is 11.5 Å². The van der Waals surface area contributed by atoms with Gasteiger partial charge < -0.3 is 9.52 Å². The first-order valence-corrected chi connectivity index (χ1v) is 6.07. The number of furan rings is 1. The van der Waals surface area contributed by atoms with Crippen molar-refractivity contribution < 1.29 is 14.4 Å². The minimum absolute atomic E-state index is 0.00755. The van der Waals surface area contributed by atoms with Crippen molar-refractivity contribution in [3.8, 4) is 11.3 Å². The Hall–Kier alpha value is -2.66. The second-order valence-corrected chi connectivity index (χ2v) is 4.37. The average molecular weight is 269 g/mol. The SMILES string of the molecule is O=[N+]([O-])c1cccc(-c2oc3ccccc3c2CO)c1. The lowest BCUT2D eigenvalue weighted by atomic mass is 10.1. The van der Waals surface area contributed by atoms with Crippen LogP contribution in [0.5, 0.6) is 0 Å². The fraction of sp³-hybridized carbons (Fsp3) is 0.0667. The van der Waals surface area contributed by atoms with Gasteiger partial charge in [-0.3, -0.25) is 10.1 Å². The van der Waals surface area contributed by atoms with Gasteiger partial charge in [-0.1, -0.05) is 30.3 Å². The quantitative estimate of drug-likeness (QED) is 0.583. The lowest BCUT2D eigenvalue weighted by molar-refractivity contribution is -0.384. The van der Waals surface area contributed by atoms with Gasteiger partial charge in [0.25, 0.3) is 5.69 Å². The highest BCUT2D eigenvalue weighted by Gasteiger charge is 2.16. The largest absolute Gasteiger partial charge is 0.456 e. The number of rotatable bonds is 3. The fourth-order valence-electron chi connectivity index (χ4n) is 2.25. The van der Waals surface area contributed by atoms with E-state index in [2.05, 4.69) is 0 Å². The molecule has 20 heavy (non-hydrogen) atoms. The summed E-state index contributed by atoms with van der Waals surface area (Å²) in [5.74, 6) is 0.470. The Morgan fingerprint density at radius 3 is 2.70 bits per heavy atom. The number of nitro groups is 1. The van der Waals surface area contributed by atoms with E-state index >= 15 is 0 Å². The molecular formula is C15H11NO4. The molecule has 0 spiro atoms. The molecule has 0 radical (unpaired) electrons. The zero-order chi connectivity index (χ0) is 14.1. The second-order valence-electron chi connectivity index (χ2n) is 4.37. The number of para-hydroxylation sites is 1. The lowest BCUT2D eigenvalue weighted by Gasteiger charge is -2.00. The van der Waals surface area contributed by atoms with Crippen molar-refractivity contribution in [1.82, 2.24) is 0 Å². The Kier molecular flexibility index (Phi) is 2.96. The van der Waals surface area contributed by atoms with Crippen molar-refractivity contribution in [1.29, 1.82) is 0 Å². The first-order valence-electron chi connectivity index (χ1n) is 6.07. The molecule has 5 heteroatoms. The smallest absolute Gasteiger partial charge is 0.270 e. The molecule has 100 valence electrons. The van der Waals surface area contributed by atoms with Gasteiger partial charge >= 0.3 is 0 Å². The first-order chi connectivity index (χ1) is 9.70. The number of hydrogen-bond acceptors (Lipinski definition) is 4. The predicted molar refractivity (Wildman–Crippen MR) is 74.2 cm³/mol. The molecule has 0 aliphatic heterocycles. The number of benzene rings is 2. The van der Waals surface area contributed by atoms with Crippen LogP contribution < -0.4 is 0 Å². The van der Waals surface area contributed by atoms with Crippen LogP contribution in [0.25, 0.3) is 22.3 Å². The third kappa shape index (κ3) is 1.94. The molecular weight excluding hydrogens is 258 g/mol. The molecule has 0 saturated heterocycles. The summed E-state index contributed by atoms with van der Waals surface area (Å²) in [7, 11) is 0.